The van der Waals surface area contributed by atoms with Gasteiger partial charge < -0.3 is 19.7 Å². The first-order valence-corrected chi connectivity index (χ1v) is 9.19. The van der Waals surface area contributed by atoms with Gasteiger partial charge in [0, 0.05) is 11.0 Å². The van der Waals surface area contributed by atoms with E-state index < -0.39 is 0 Å². The average Bonchev–Trinajstić information content (AvgIpc) is 2.66. The van der Waals surface area contributed by atoms with Crippen LogP contribution < -0.4 is 10.1 Å². The number of carbonyl (C=O) groups excluding carboxylic acids is 1. The number of urea groups is 1. The number of morpholine rings is 1. The Morgan fingerprint density at radius 2 is 2.12 bits per heavy atom. The number of amides is 2. The minimum Gasteiger partial charge on any atom is -0.492 e. The molecule has 1 unspecified atom stereocenters. The highest BCUT2D eigenvalue weighted by Gasteiger charge is 2.25. The summed E-state index contributed by atoms with van der Waals surface area (Å²) >= 11 is 3.45. The molecule has 26 heavy (non-hydrogen) atoms. The molecular formula is C19H20BrFN2O3. The molecule has 1 atom stereocenters. The van der Waals surface area contributed by atoms with Gasteiger partial charge in [0.05, 0.1) is 19.7 Å². The maximum Gasteiger partial charge on any atom is 0.317 e. The number of ether oxygens (including phenoxy) is 2. The molecule has 1 aliphatic heterocycles. The molecule has 3 rings (SSSR count). The number of hydrogen-bond donors (Lipinski definition) is 1. The second-order valence-corrected chi connectivity index (χ2v) is 6.81. The summed E-state index contributed by atoms with van der Waals surface area (Å²) in [6.45, 7) is 2.23. The van der Waals surface area contributed by atoms with Gasteiger partial charge in [0.15, 0.2) is 0 Å². The number of nitrogens with zero attached hydrogens (tertiary/aromatic N) is 1. The van der Waals surface area contributed by atoms with Crippen LogP contribution in [0.5, 0.6) is 5.75 Å². The van der Waals surface area contributed by atoms with Gasteiger partial charge in [-0.15, -0.1) is 0 Å². The van der Waals surface area contributed by atoms with Gasteiger partial charge in [-0.25, -0.2) is 9.18 Å². The number of carbonyl (C=O) groups is 1. The van der Waals surface area contributed by atoms with Crippen molar-refractivity contribution in [2.45, 2.75) is 6.10 Å². The molecule has 1 saturated heterocycles. The predicted octanol–water partition coefficient (Wildman–Crippen LogP) is 3.75. The summed E-state index contributed by atoms with van der Waals surface area (Å²) in [6, 6.07) is 13.6. The molecule has 7 heteroatoms. The normalized spacial score (nSPS) is 17.0. The fourth-order valence-corrected chi connectivity index (χ4v) is 3.13. The van der Waals surface area contributed by atoms with Crippen LogP contribution in [-0.2, 0) is 4.74 Å². The quantitative estimate of drug-likeness (QED) is 0.746. The van der Waals surface area contributed by atoms with E-state index in [4.69, 9.17) is 9.47 Å². The topological polar surface area (TPSA) is 50.8 Å². The number of benzene rings is 2. The van der Waals surface area contributed by atoms with E-state index >= 15 is 0 Å². The van der Waals surface area contributed by atoms with Gasteiger partial charge >= 0.3 is 6.03 Å². The Morgan fingerprint density at radius 3 is 2.88 bits per heavy atom. The van der Waals surface area contributed by atoms with Crippen LogP contribution in [0.15, 0.2) is 53.0 Å². The van der Waals surface area contributed by atoms with Crippen molar-refractivity contribution in [2.24, 2.45) is 0 Å². The number of nitrogens with one attached hydrogen (secondary N) is 1. The van der Waals surface area contributed by atoms with E-state index in [0.717, 1.165) is 10.0 Å². The lowest BCUT2D eigenvalue weighted by Gasteiger charge is -2.33. The number of halogens is 2. The molecule has 0 saturated carbocycles. The molecule has 2 aromatic rings. The zero-order valence-corrected chi connectivity index (χ0v) is 15.7. The third-order valence-electron chi connectivity index (χ3n) is 4.03. The Morgan fingerprint density at radius 1 is 1.31 bits per heavy atom. The van der Waals surface area contributed by atoms with Gasteiger partial charge in [-0.1, -0.05) is 28.1 Å². The van der Waals surface area contributed by atoms with Crippen molar-refractivity contribution in [3.8, 4) is 5.75 Å². The summed E-state index contributed by atoms with van der Waals surface area (Å²) in [5.41, 5.74) is 1.04. The Hall–Kier alpha value is -2.12. The zero-order chi connectivity index (χ0) is 18.4. The summed E-state index contributed by atoms with van der Waals surface area (Å²) in [4.78, 5) is 14.1. The maximum absolute atomic E-state index is 12.8. The van der Waals surface area contributed by atoms with Gasteiger partial charge in [-0.3, -0.25) is 0 Å². The molecule has 1 N–H and O–H groups in total. The lowest BCUT2D eigenvalue weighted by Crippen LogP contribution is -2.47. The third-order valence-corrected chi connectivity index (χ3v) is 4.53. The first-order valence-electron chi connectivity index (χ1n) is 8.40. The van der Waals surface area contributed by atoms with Crippen LogP contribution >= 0.6 is 15.9 Å². The molecule has 138 valence electrons. The summed E-state index contributed by atoms with van der Waals surface area (Å²) in [7, 11) is 0. The fourth-order valence-electron chi connectivity index (χ4n) is 2.71. The van der Waals surface area contributed by atoms with Crippen molar-refractivity contribution >= 4 is 22.0 Å². The molecule has 1 heterocycles. The molecule has 2 aromatic carbocycles. The van der Waals surface area contributed by atoms with E-state index in [0.29, 0.717) is 38.6 Å². The fraction of sp³-hybridized carbons (Fsp3) is 0.316. The monoisotopic (exact) mass is 422 g/mol. The summed E-state index contributed by atoms with van der Waals surface area (Å²) < 4.78 is 25.1. The average molecular weight is 423 g/mol. The maximum atomic E-state index is 12.8. The highest BCUT2D eigenvalue weighted by atomic mass is 79.9. The number of hydrogen-bond acceptors (Lipinski definition) is 3. The summed E-state index contributed by atoms with van der Waals surface area (Å²) in [6.07, 6.45) is -0.137. The van der Waals surface area contributed by atoms with Gasteiger partial charge in [0.25, 0.3) is 0 Å². The van der Waals surface area contributed by atoms with E-state index in [1.54, 1.807) is 17.0 Å². The molecule has 1 aliphatic rings. The van der Waals surface area contributed by atoms with Crippen molar-refractivity contribution in [2.75, 3.05) is 32.8 Å². The first kappa shape index (κ1) is 18.7. The van der Waals surface area contributed by atoms with E-state index in [1.807, 2.05) is 24.3 Å². The number of rotatable bonds is 5. The lowest BCUT2D eigenvalue weighted by molar-refractivity contribution is -0.0155. The molecule has 0 aromatic heterocycles. The standard InChI is InChI=1S/C19H20BrFN2O3/c20-15-3-1-2-14(12-15)18-13-23(9-11-26-18)19(24)22-8-10-25-17-6-4-16(21)5-7-17/h1-7,12,18H,8-11,13H2,(H,22,24). The smallest absolute Gasteiger partial charge is 0.317 e. The van der Waals surface area contributed by atoms with Crippen molar-refractivity contribution in [1.82, 2.24) is 10.2 Å². The molecule has 0 bridgehead atoms. The van der Waals surface area contributed by atoms with E-state index in [1.165, 1.54) is 12.1 Å². The van der Waals surface area contributed by atoms with E-state index in [9.17, 15) is 9.18 Å². The van der Waals surface area contributed by atoms with Crippen LogP contribution in [0.2, 0.25) is 0 Å². The Labute approximate surface area is 160 Å². The van der Waals surface area contributed by atoms with Gasteiger partial charge in [-0.2, -0.15) is 0 Å². The SMILES string of the molecule is O=C(NCCOc1ccc(F)cc1)N1CCOC(c2cccc(Br)c2)C1. The second-order valence-electron chi connectivity index (χ2n) is 5.89. The first-order chi connectivity index (χ1) is 12.6. The van der Waals surface area contributed by atoms with Crippen molar-refractivity contribution < 1.29 is 18.7 Å². The lowest BCUT2D eigenvalue weighted by atomic mass is 10.1. The minimum atomic E-state index is -0.307. The van der Waals surface area contributed by atoms with Gasteiger partial charge in [0.1, 0.15) is 24.3 Å². The second kappa shape index (κ2) is 9.00. The van der Waals surface area contributed by atoms with Crippen LogP contribution in [-0.4, -0.2) is 43.8 Å². The van der Waals surface area contributed by atoms with Crippen molar-refractivity contribution in [3.05, 3.63) is 64.4 Å². The molecule has 0 aliphatic carbocycles. The minimum absolute atomic E-state index is 0.137. The highest BCUT2D eigenvalue weighted by Crippen LogP contribution is 2.24. The molecule has 0 spiro atoms. The predicted molar refractivity (Wildman–Crippen MR) is 99.7 cm³/mol. The van der Waals surface area contributed by atoms with Crippen molar-refractivity contribution in [3.63, 3.8) is 0 Å². The summed E-state index contributed by atoms with van der Waals surface area (Å²) in [5.74, 6) is 0.264. The van der Waals surface area contributed by atoms with Gasteiger partial charge in [0.2, 0.25) is 0 Å². The molecule has 1 fully saturated rings. The third kappa shape index (κ3) is 5.19. The van der Waals surface area contributed by atoms with Crippen molar-refractivity contribution in [1.29, 1.82) is 0 Å². The van der Waals surface area contributed by atoms with Crippen LogP contribution in [0.3, 0.4) is 0 Å². The molecule has 2 amide bonds. The molecule has 5 nitrogen and oxygen atoms in total. The summed E-state index contributed by atoms with van der Waals surface area (Å²) in [5, 5.41) is 2.84. The highest BCUT2D eigenvalue weighted by molar-refractivity contribution is 9.10. The van der Waals surface area contributed by atoms with Gasteiger partial charge in [-0.05, 0) is 42.0 Å². The zero-order valence-electron chi connectivity index (χ0n) is 14.2. The van der Waals surface area contributed by atoms with Crippen LogP contribution in [0.1, 0.15) is 11.7 Å². The Balaban J connectivity index is 1.44. The van der Waals surface area contributed by atoms with E-state index in [2.05, 4.69) is 21.2 Å². The molecule has 0 radical (unpaired) electrons. The van der Waals surface area contributed by atoms with Crippen LogP contribution in [0.25, 0.3) is 0 Å². The van der Waals surface area contributed by atoms with Crippen LogP contribution in [0, 0.1) is 5.82 Å². The van der Waals surface area contributed by atoms with Crippen LogP contribution in [0.4, 0.5) is 9.18 Å². The Kier molecular flexibility index (Phi) is 6.46. The Bertz CT molecular complexity index is 742. The molecular weight excluding hydrogens is 403 g/mol. The largest absolute Gasteiger partial charge is 0.492 e. The van der Waals surface area contributed by atoms with E-state index in [-0.39, 0.29) is 18.0 Å².